The van der Waals surface area contributed by atoms with Crippen LogP contribution in [0.15, 0.2) is 48.5 Å². The third kappa shape index (κ3) is 2.12. The lowest BCUT2D eigenvalue weighted by Crippen LogP contribution is -1.95. The SMILES string of the molecule is Cc1cccc(Oc2ccccc2)c1C1OC1C. The number of benzene rings is 2. The van der Waals surface area contributed by atoms with Crippen LogP contribution in [0.25, 0.3) is 0 Å². The minimum absolute atomic E-state index is 0.185. The average molecular weight is 240 g/mol. The van der Waals surface area contributed by atoms with Gasteiger partial charge in [-0.05, 0) is 37.6 Å². The summed E-state index contributed by atoms with van der Waals surface area (Å²) in [5, 5.41) is 0. The molecule has 1 fully saturated rings. The molecule has 3 rings (SSSR count). The Morgan fingerprint density at radius 1 is 1.00 bits per heavy atom. The molecule has 18 heavy (non-hydrogen) atoms. The van der Waals surface area contributed by atoms with Crippen molar-refractivity contribution in [2.45, 2.75) is 26.1 Å². The Labute approximate surface area is 107 Å². The van der Waals surface area contributed by atoms with Gasteiger partial charge in [0.2, 0.25) is 0 Å². The van der Waals surface area contributed by atoms with Crippen molar-refractivity contribution in [1.82, 2.24) is 0 Å². The zero-order valence-electron chi connectivity index (χ0n) is 10.6. The van der Waals surface area contributed by atoms with Gasteiger partial charge in [-0.1, -0.05) is 30.3 Å². The molecule has 0 saturated carbocycles. The number of aryl methyl sites for hydroxylation is 1. The Morgan fingerprint density at radius 2 is 1.72 bits per heavy atom. The Hall–Kier alpha value is -1.80. The highest BCUT2D eigenvalue weighted by atomic mass is 16.6. The largest absolute Gasteiger partial charge is 0.457 e. The number of hydrogen-bond donors (Lipinski definition) is 0. The highest BCUT2D eigenvalue weighted by Gasteiger charge is 2.39. The van der Waals surface area contributed by atoms with Gasteiger partial charge >= 0.3 is 0 Å². The molecule has 1 heterocycles. The molecule has 2 aromatic carbocycles. The highest BCUT2D eigenvalue weighted by molar-refractivity contribution is 5.45. The first-order valence-corrected chi connectivity index (χ1v) is 6.23. The molecule has 2 heteroatoms. The Kier molecular flexibility index (Phi) is 2.80. The second kappa shape index (κ2) is 4.46. The molecule has 0 amide bonds. The third-order valence-electron chi connectivity index (χ3n) is 3.25. The molecule has 0 N–H and O–H groups in total. The zero-order valence-corrected chi connectivity index (χ0v) is 10.6. The molecule has 1 aliphatic heterocycles. The van der Waals surface area contributed by atoms with E-state index in [1.54, 1.807) is 0 Å². The normalized spacial score (nSPS) is 21.7. The van der Waals surface area contributed by atoms with Gasteiger partial charge in [-0.3, -0.25) is 0 Å². The topological polar surface area (TPSA) is 21.8 Å². The fraction of sp³-hybridized carbons (Fsp3) is 0.250. The molecular formula is C16H16O2. The second-order valence-electron chi connectivity index (χ2n) is 4.66. The van der Waals surface area contributed by atoms with Gasteiger partial charge in [0, 0.05) is 5.56 Å². The molecule has 2 atom stereocenters. The smallest absolute Gasteiger partial charge is 0.133 e. The van der Waals surface area contributed by atoms with Crippen LogP contribution < -0.4 is 4.74 Å². The Morgan fingerprint density at radius 3 is 2.39 bits per heavy atom. The summed E-state index contributed by atoms with van der Waals surface area (Å²) in [6, 6.07) is 16.0. The van der Waals surface area contributed by atoms with E-state index in [0.717, 1.165) is 11.5 Å². The van der Waals surface area contributed by atoms with Crippen LogP contribution >= 0.6 is 0 Å². The second-order valence-corrected chi connectivity index (χ2v) is 4.66. The van der Waals surface area contributed by atoms with E-state index in [2.05, 4.69) is 19.9 Å². The molecule has 0 radical (unpaired) electrons. The number of hydrogen-bond acceptors (Lipinski definition) is 2. The molecule has 92 valence electrons. The Balaban J connectivity index is 1.94. The number of para-hydroxylation sites is 1. The lowest BCUT2D eigenvalue weighted by atomic mass is 10.0. The van der Waals surface area contributed by atoms with Crippen molar-refractivity contribution in [2.75, 3.05) is 0 Å². The van der Waals surface area contributed by atoms with E-state index >= 15 is 0 Å². The van der Waals surface area contributed by atoms with Gasteiger partial charge in [0.1, 0.15) is 17.6 Å². The first-order valence-electron chi connectivity index (χ1n) is 6.23. The lowest BCUT2D eigenvalue weighted by molar-refractivity contribution is 0.376. The quantitative estimate of drug-likeness (QED) is 0.748. The molecule has 2 aromatic rings. The maximum atomic E-state index is 5.96. The molecular weight excluding hydrogens is 224 g/mol. The van der Waals surface area contributed by atoms with E-state index in [9.17, 15) is 0 Å². The number of rotatable bonds is 3. The molecule has 0 aromatic heterocycles. The van der Waals surface area contributed by atoms with E-state index in [-0.39, 0.29) is 6.10 Å². The fourth-order valence-electron chi connectivity index (χ4n) is 2.21. The van der Waals surface area contributed by atoms with Gasteiger partial charge < -0.3 is 9.47 Å². The van der Waals surface area contributed by atoms with Crippen molar-refractivity contribution in [3.63, 3.8) is 0 Å². The predicted molar refractivity (Wildman–Crippen MR) is 71.0 cm³/mol. The summed E-state index contributed by atoms with van der Waals surface area (Å²) in [4.78, 5) is 0. The summed E-state index contributed by atoms with van der Waals surface area (Å²) >= 11 is 0. The molecule has 1 saturated heterocycles. The van der Waals surface area contributed by atoms with Crippen molar-refractivity contribution in [3.8, 4) is 11.5 Å². The maximum Gasteiger partial charge on any atom is 0.133 e. The van der Waals surface area contributed by atoms with E-state index in [1.807, 2.05) is 42.5 Å². The van der Waals surface area contributed by atoms with E-state index in [1.165, 1.54) is 11.1 Å². The summed E-state index contributed by atoms with van der Waals surface area (Å²) < 4.78 is 11.5. The molecule has 1 aliphatic rings. The number of epoxide rings is 1. The van der Waals surface area contributed by atoms with Gasteiger partial charge in [0.25, 0.3) is 0 Å². The molecule has 2 unspecified atom stereocenters. The van der Waals surface area contributed by atoms with Crippen molar-refractivity contribution < 1.29 is 9.47 Å². The van der Waals surface area contributed by atoms with Gasteiger partial charge in [-0.25, -0.2) is 0 Å². The first-order chi connectivity index (χ1) is 8.75. The van der Waals surface area contributed by atoms with Gasteiger partial charge in [0.05, 0.1) is 6.10 Å². The molecule has 0 aliphatic carbocycles. The molecule has 0 spiro atoms. The van der Waals surface area contributed by atoms with Gasteiger partial charge in [0.15, 0.2) is 0 Å². The van der Waals surface area contributed by atoms with Crippen LogP contribution in [0.3, 0.4) is 0 Å². The third-order valence-corrected chi connectivity index (χ3v) is 3.25. The van der Waals surface area contributed by atoms with Gasteiger partial charge in [-0.2, -0.15) is 0 Å². The summed E-state index contributed by atoms with van der Waals surface area (Å²) in [5.41, 5.74) is 2.40. The minimum atomic E-state index is 0.185. The van der Waals surface area contributed by atoms with Crippen molar-refractivity contribution >= 4 is 0 Å². The molecule has 2 nitrogen and oxygen atoms in total. The van der Waals surface area contributed by atoms with Crippen LogP contribution in [-0.4, -0.2) is 6.10 Å². The van der Waals surface area contributed by atoms with Gasteiger partial charge in [-0.15, -0.1) is 0 Å². The number of ether oxygens (including phenoxy) is 2. The van der Waals surface area contributed by atoms with Crippen molar-refractivity contribution in [3.05, 3.63) is 59.7 Å². The average Bonchev–Trinajstić information content (AvgIpc) is 3.07. The van der Waals surface area contributed by atoms with Crippen LogP contribution in [0.5, 0.6) is 11.5 Å². The van der Waals surface area contributed by atoms with Crippen LogP contribution in [-0.2, 0) is 4.74 Å². The minimum Gasteiger partial charge on any atom is -0.457 e. The first kappa shape index (κ1) is 11.3. The summed E-state index contributed by atoms with van der Waals surface area (Å²) in [5.74, 6) is 1.76. The van der Waals surface area contributed by atoms with E-state index in [4.69, 9.17) is 9.47 Å². The highest BCUT2D eigenvalue weighted by Crippen LogP contribution is 2.45. The monoisotopic (exact) mass is 240 g/mol. The Bertz CT molecular complexity index is 548. The fourth-order valence-corrected chi connectivity index (χ4v) is 2.21. The van der Waals surface area contributed by atoms with Crippen molar-refractivity contribution in [2.24, 2.45) is 0 Å². The maximum absolute atomic E-state index is 5.96. The van der Waals surface area contributed by atoms with Crippen LogP contribution in [0.4, 0.5) is 0 Å². The predicted octanol–water partition coefficient (Wildman–Crippen LogP) is 4.25. The van der Waals surface area contributed by atoms with Crippen molar-refractivity contribution in [1.29, 1.82) is 0 Å². The zero-order chi connectivity index (χ0) is 12.5. The summed E-state index contributed by atoms with van der Waals surface area (Å²) in [6.45, 7) is 4.19. The van der Waals surface area contributed by atoms with Crippen LogP contribution in [0, 0.1) is 6.92 Å². The summed E-state index contributed by atoms with van der Waals surface area (Å²) in [6.07, 6.45) is 0.481. The molecule has 0 bridgehead atoms. The lowest BCUT2D eigenvalue weighted by Gasteiger charge is -2.12. The van der Waals surface area contributed by atoms with Crippen LogP contribution in [0.2, 0.25) is 0 Å². The summed E-state index contributed by atoms with van der Waals surface area (Å²) in [7, 11) is 0. The van der Waals surface area contributed by atoms with E-state index in [0.29, 0.717) is 6.10 Å². The van der Waals surface area contributed by atoms with E-state index < -0.39 is 0 Å². The standard InChI is InChI=1S/C16H16O2/c1-11-7-6-10-14(15(11)16-12(2)17-16)18-13-8-4-3-5-9-13/h3-10,12,16H,1-2H3. The van der Waals surface area contributed by atoms with Crippen LogP contribution in [0.1, 0.15) is 24.2 Å².